The Balaban J connectivity index is 1.51. The summed E-state index contributed by atoms with van der Waals surface area (Å²) >= 11 is 0. The number of carbonyl (C=O) groups is 1. The van der Waals surface area contributed by atoms with Crippen molar-refractivity contribution in [2.24, 2.45) is 0 Å². The summed E-state index contributed by atoms with van der Waals surface area (Å²) in [5.41, 5.74) is 3.01. The molecule has 0 spiro atoms. The molecule has 1 amide bonds. The fourth-order valence-corrected chi connectivity index (χ4v) is 4.37. The largest absolute Gasteiger partial charge is 0.495 e. The zero-order chi connectivity index (χ0) is 24.7. The number of anilines is 4. The molecule has 0 fully saturated rings. The first-order valence-corrected chi connectivity index (χ1v) is 11.0. The van der Waals surface area contributed by atoms with Gasteiger partial charge < -0.3 is 25.6 Å². The van der Waals surface area contributed by atoms with E-state index in [-0.39, 0.29) is 17.5 Å². The average Bonchev–Trinajstić information content (AvgIpc) is 3.20. The second-order valence-corrected chi connectivity index (χ2v) is 8.54. The number of benzene rings is 2. The van der Waals surface area contributed by atoms with E-state index < -0.39 is 17.6 Å². The number of hydrogen-bond acceptors (Lipinski definition) is 7. The highest BCUT2D eigenvalue weighted by atomic mass is 19.4. The van der Waals surface area contributed by atoms with Crippen LogP contribution in [0.5, 0.6) is 5.75 Å². The molecule has 3 aromatic rings. The number of hydrogen-bond donors (Lipinski definition) is 3. The van der Waals surface area contributed by atoms with Crippen LogP contribution in [-0.4, -0.2) is 41.5 Å². The van der Waals surface area contributed by atoms with E-state index in [4.69, 9.17) is 4.74 Å². The van der Waals surface area contributed by atoms with Crippen molar-refractivity contribution in [2.75, 3.05) is 31.3 Å². The topological polar surface area (TPSA) is 91.4 Å². The third-order valence-corrected chi connectivity index (χ3v) is 6.14. The van der Waals surface area contributed by atoms with E-state index in [2.05, 4.69) is 30.8 Å². The van der Waals surface area contributed by atoms with Crippen molar-refractivity contribution in [3.05, 3.63) is 64.3 Å². The van der Waals surface area contributed by atoms with Gasteiger partial charge in [0.25, 0.3) is 5.91 Å². The van der Waals surface area contributed by atoms with Gasteiger partial charge in [-0.1, -0.05) is 12.1 Å². The summed E-state index contributed by atoms with van der Waals surface area (Å²) in [5, 5.41) is 8.39. The van der Waals surface area contributed by atoms with Crippen LogP contribution in [0, 0.1) is 0 Å². The summed E-state index contributed by atoms with van der Waals surface area (Å²) in [6.07, 6.45) is -3.14. The summed E-state index contributed by atoms with van der Waals surface area (Å²) < 4.78 is 46.8. The van der Waals surface area contributed by atoms with Crippen LogP contribution in [0.3, 0.4) is 0 Å². The van der Waals surface area contributed by atoms with Crippen molar-refractivity contribution in [3.63, 3.8) is 0 Å². The fraction of sp³-hybridized carbons (Fsp3) is 0.292. The number of amides is 1. The molecule has 3 N–H and O–H groups in total. The Morgan fingerprint density at radius 1 is 1.11 bits per heavy atom. The monoisotopic (exact) mass is 484 g/mol. The van der Waals surface area contributed by atoms with E-state index in [0.717, 1.165) is 36.8 Å². The third-order valence-electron chi connectivity index (χ3n) is 6.14. The molecule has 5 rings (SSSR count). The van der Waals surface area contributed by atoms with Gasteiger partial charge in [0.15, 0.2) is 0 Å². The maximum atomic E-state index is 13.8. The minimum absolute atomic E-state index is 0.0382. The molecule has 2 aromatic carbocycles. The number of nitrogens with zero attached hydrogens (tertiary/aromatic N) is 3. The number of likely N-dealkylation sites (N-methyl/N-ethyl adjacent to an activating group) is 1. The van der Waals surface area contributed by atoms with Crippen molar-refractivity contribution in [1.29, 1.82) is 0 Å². The van der Waals surface area contributed by atoms with Crippen molar-refractivity contribution in [2.45, 2.75) is 25.7 Å². The molecule has 0 saturated heterocycles. The Bertz CT molecular complexity index is 1310. The molecule has 182 valence electrons. The Hall–Kier alpha value is -3.86. The molecular formula is C24H23F3N6O2. The molecular weight excluding hydrogens is 461 g/mol. The minimum atomic E-state index is -4.70. The molecule has 0 radical (unpaired) electrons. The van der Waals surface area contributed by atoms with Gasteiger partial charge in [-0.15, -0.1) is 0 Å². The molecule has 8 nitrogen and oxygen atoms in total. The lowest BCUT2D eigenvalue weighted by molar-refractivity contribution is -0.137. The number of ether oxygens (including phenoxy) is 1. The van der Waals surface area contributed by atoms with Gasteiger partial charge in [-0.05, 0) is 48.4 Å². The molecule has 35 heavy (non-hydrogen) atoms. The predicted octanol–water partition coefficient (Wildman–Crippen LogP) is 4.22. The highest BCUT2D eigenvalue weighted by Gasteiger charge is 2.36. The van der Waals surface area contributed by atoms with E-state index in [9.17, 15) is 18.0 Å². The van der Waals surface area contributed by atoms with Crippen molar-refractivity contribution in [1.82, 2.24) is 20.2 Å². The van der Waals surface area contributed by atoms with Crippen LogP contribution in [0.25, 0.3) is 0 Å². The number of aromatic nitrogens is 2. The van der Waals surface area contributed by atoms with Crippen LogP contribution in [-0.2, 0) is 25.7 Å². The Kier molecular flexibility index (Phi) is 5.72. The molecule has 0 aliphatic carbocycles. The van der Waals surface area contributed by atoms with E-state index in [0.29, 0.717) is 29.1 Å². The van der Waals surface area contributed by atoms with Gasteiger partial charge >= 0.3 is 6.18 Å². The number of carbonyl (C=O) groups excluding carboxylic acids is 1. The predicted molar refractivity (Wildman–Crippen MR) is 124 cm³/mol. The van der Waals surface area contributed by atoms with Crippen LogP contribution < -0.4 is 20.7 Å². The highest BCUT2D eigenvalue weighted by molar-refractivity contribution is 6.04. The zero-order valence-electron chi connectivity index (χ0n) is 19.1. The lowest BCUT2D eigenvalue weighted by Gasteiger charge is -2.26. The zero-order valence-corrected chi connectivity index (χ0v) is 19.1. The van der Waals surface area contributed by atoms with Crippen molar-refractivity contribution in [3.8, 4) is 5.75 Å². The van der Waals surface area contributed by atoms with E-state index in [1.165, 1.54) is 7.11 Å². The second kappa shape index (κ2) is 8.73. The fourth-order valence-electron chi connectivity index (χ4n) is 4.37. The summed E-state index contributed by atoms with van der Waals surface area (Å²) in [5.74, 6) is -0.312. The number of nitrogens with one attached hydrogen (secondary N) is 3. The van der Waals surface area contributed by atoms with Crippen LogP contribution in [0.4, 0.5) is 36.3 Å². The van der Waals surface area contributed by atoms with Crippen LogP contribution in [0.15, 0.2) is 36.5 Å². The Morgan fingerprint density at radius 3 is 2.71 bits per heavy atom. The third kappa shape index (κ3) is 4.46. The summed E-state index contributed by atoms with van der Waals surface area (Å²) in [6, 6.07) is 8.80. The van der Waals surface area contributed by atoms with Crippen molar-refractivity contribution < 1.29 is 22.7 Å². The minimum Gasteiger partial charge on any atom is -0.495 e. The van der Waals surface area contributed by atoms with Gasteiger partial charge in [0.2, 0.25) is 5.95 Å². The number of methoxy groups -OCH3 is 1. The molecule has 2 aliphatic rings. The first-order valence-electron chi connectivity index (χ1n) is 11.0. The van der Waals surface area contributed by atoms with Gasteiger partial charge in [0.05, 0.1) is 24.0 Å². The molecule has 11 heteroatoms. The molecule has 1 aromatic heterocycles. The maximum absolute atomic E-state index is 13.8. The van der Waals surface area contributed by atoms with Gasteiger partial charge in [0, 0.05) is 25.8 Å². The lowest BCUT2D eigenvalue weighted by Crippen LogP contribution is -2.26. The quantitative estimate of drug-likeness (QED) is 0.500. The summed E-state index contributed by atoms with van der Waals surface area (Å²) in [7, 11) is 3.57. The SMILES string of the molecule is COc1cc2c(cc1Nc1ncc(C(F)(F)F)c(Nc3cccc4c3C(=O)NC4)n1)CCN(C)C2. The molecule has 0 bridgehead atoms. The lowest BCUT2D eigenvalue weighted by atomic mass is 9.99. The van der Waals surface area contributed by atoms with E-state index in [1.54, 1.807) is 18.2 Å². The summed E-state index contributed by atoms with van der Waals surface area (Å²) in [4.78, 5) is 22.5. The van der Waals surface area contributed by atoms with E-state index >= 15 is 0 Å². The van der Waals surface area contributed by atoms with Gasteiger partial charge in [-0.3, -0.25) is 4.79 Å². The molecule has 0 unspecified atom stereocenters. The van der Waals surface area contributed by atoms with Crippen molar-refractivity contribution >= 4 is 29.0 Å². The number of halogens is 3. The smallest absolute Gasteiger partial charge is 0.421 e. The van der Waals surface area contributed by atoms with Crippen LogP contribution >= 0.6 is 0 Å². The molecule has 0 atom stereocenters. The second-order valence-electron chi connectivity index (χ2n) is 8.54. The first kappa shape index (κ1) is 22.9. The summed E-state index contributed by atoms with van der Waals surface area (Å²) in [6.45, 7) is 2.00. The molecule has 3 heterocycles. The Labute approximate surface area is 199 Å². The average molecular weight is 484 g/mol. The number of fused-ring (bicyclic) bond motifs is 2. The van der Waals surface area contributed by atoms with Gasteiger partial charge in [-0.25, -0.2) is 4.98 Å². The van der Waals surface area contributed by atoms with Gasteiger partial charge in [-0.2, -0.15) is 18.2 Å². The number of rotatable bonds is 5. The molecule has 2 aliphatic heterocycles. The standard InChI is InChI=1S/C24H23F3N6O2/c1-33-7-6-13-8-18(19(35-2)9-15(13)12-33)31-23-29-11-16(24(25,26)27)21(32-23)30-17-5-3-4-14-10-28-22(34)20(14)17/h3-5,8-9,11H,6-7,10,12H2,1-2H3,(H,28,34)(H2,29,30,31,32). The Morgan fingerprint density at radius 2 is 1.94 bits per heavy atom. The van der Waals surface area contributed by atoms with E-state index in [1.807, 2.05) is 19.2 Å². The normalized spacial score (nSPS) is 15.3. The van der Waals surface area contributed by atoms with Crippen LogP contribution in [0.1, 0.15) is 32.6 Å². The van der Waals surface area contributed by atoms with Crippen LogP contribution in [0.2, 0.25) is 0 Å². The highest BCUT2D eigenvalue weighted by Crippen LogP contribution is 2.38. The van der Waals surface area contributed by atoms with Gasteiger partial charge in [0.1, 0.15) is 17.1 Å². The first-order chi connectivity index (χ1) is 16.7. The maximum Gasteiger partial charge on any atom is 0.421 e. The number of alkyl halides is 3. The molecule has 0 saturated carbocycles.